The van der Waals surface area contributed by atoms with Crippen LogP contribution in [-0.4, -0.2) is 45.9 Å². The zero-order chi connectivity index (χ0) is 13.2. The molecule has 1 aliphatic carbocycles. The van der Waals surface area contributed by atoms with Gasteiger partial charge in [-0.25, -0.2) is 0 Å². The van der Waals surface area contributed by atoms with Gasteiger partial charge in [-0.3, -0.25) is 9.69 Å². The van der Waals surface area contributed by atoms with Crippen molar-refractivity contribution in [3.05, 3.63) is 11.7 Å². The van der Waals surface area contributed by atoms with Crippen LogP contribution in [0.5, 0.6) is 0 Å². The SMILES string of the molecule is CN1CCSCC1c1noc(C2CCC(=O)CC2)n1. The number of ketones is 1. The summed E-state index contributed by atoms with van der Waals surface area (Å²) in [5, 5.41) is 4.16. The number of aromatic nitrogens is 2. The van der Waals surface area contributed by atoms with Gasteiger partial charge in [-0.2, -0.15) is 16.7 Å². The van der Waals surface area contributed by atoms with Gasteiger partial charge in [0.2, 0.25) is 5.89 Å². The molecule has 1 atom stereocenters. The molecule has 1 saturated heterocycles. The third-order valence-electron chi connectivity index (χ3n) is 4.04. The maximum Gasteiger partial charge on any atom is 0.229 e. The molecule has 1 aromatic rings. The number of Topliss-reactive ketones (excluding diaryl/α,β-unsaturated/α-hetero) is 1. The Hall–Kier alpha value is -0.880. The summed E-state index contributed by atoms with van der Waals surface area (Å²) in [6, 6.07) is 0.265. The van der Waals surface area contributed by atoms with E-state index in [4.69, 9.17) is 4.52 Å². The lowest BCUT2D eigenvalue weighted by Gasteiger charge is -2.29. The van der Waals surface area contributed by atoms with Gasteiger partial charge in [0, 0.05) is 36.8 Å². The lowest BCUT2D eigenvalue weighted by atomic mass is 9.88. The van der Waals surface area contributed by atoms with Crippen LogP contribution in [0.4, 0.5) is 0 Å². The lowest BCUT2D eigenvalue weighted by molar-refractivity contribution is -0.120. The molecule has 104 valence electrons. The van der Waals surface area contributed by atoms with E-state index < -0.39 is 0 Å². The Morgan fingerprint density at radius 1 is 1.37 bits per heavy atom. The number of carbonyl (C=O) groups excluding carboxylic acids is 1. The van der Waals surface area contributed by atoms with Crippen molar-refractivity contribution in [2.45, 2.75) is 37.6 Å². The fourth-order valence-corrected chi connectivity index (χ4v) is 3.90. The molecule has 2 fully saturated rings. The molecule has 19 heavy (non-hydrogen) atoms. The van der Waals surface area contributed by atoms with Gasteiger partial charge < -0.3 is 4.52 Å². The highest BCUT2D eigenvalue weighted by atomic mass is 32.2. The van der Waals surface area contributed by atoms with Crippen molar-refractivity contribution in [3.63, 3.8) is 0 Å². The minimum Gasteiger partial charge on any atom is -0.339 e. The first-order valence-electron chi connectivity index (χ1n) is 6.87. The number of hydrogen-bond acceptors (Lipinski definition) is 6. The van der Waals surface area contributed by atoms with Crippen molar-refractivity contribution in [3.8, 4) is 0 Å². The number of carbonyl (C=O) groups is 1. The highest BCUT2D eigenvalue weighted by Gasteiger charge is 2.29. The molecule has 3 rings (SSSR count). The minimum absolute atomic E-state index is 0.265. The number of thioether (sulfide) groups is 1. The molecule has 0 N–H and O–H groups in total. The van der Waals surface area contributed by atoms with Gasteiger partial charge in [-0.05, 0) is 19.9 Å². The maximum absolute atomic E-state index is 11.3. The summed E-state index contributed by atoms with van der Waals surface area (Å²) in [7, 11) is 2.11. The normalized spacial score (nSPS) is 26.8. The van der Waals surface area contributed by atoms with Crippen LogP contribution in [0, 0.1) is 0 Å². The Morgan fingerprint density at radius 2 is 2.16 bits per heavy atom. The molecule has 1 aromatic heterocycles. The predicted octanol–water partition coefficient (Wildman–Crippen LogP) is 2.02. The Balaban J connectivity index is 1.70. The molecule has 0 radical (unpaired) electrons. The van der Waals surface area contributed by atoms with E-state index in [1.54, 1.807) is 0 Å². The second-order valence-corrected chi connectivity index (χ2v) is 6.52. The first kappa shape index (κ1) is 13.1. The first-order chi connectivity index (χ1) is 9.24. The Labute approximate surface area is 117 Å². The van der Waals surface area contributed by atoms with Crippen molar-refractivity contribution in [2.75, 3.05) is 25.1 Å². The summed E-state index contributed by atoms with van der Waals surface area (Å²) >= 11 is 1.94. The van der Waals surface area contributed by atoms with Crippen LogP contribution in [0.2, 0.25) is 0 Å². The van der Waals surface area contributed by atoms with Crippen LogP contribution >= 0.6 is 11.8 Å². The van der Waals surface area contributed by atoms with Gasteiger partial charge in [0.15, 0.2) is 5.82 Å². The standard InChI is InChI=1S/C13H19N3O2S/c1-16-6-7-19-8-11(16)12-14-13(18-15-12)9-2-4-10(17)5-3-9/h9,11H,2-8H2,1H3. The van der Waals surface area contributed by atoms with Crippen LogP contribution in [0.15, 0.2) is 4.52 Å². The Kier molecular flexibility index (Phi) is 3.88. The molecule has 1 aliphatic heterocycles. The van der Waals surface area contributed by atoms with E-state index in [0.29, 0.717) is 18.6 Å². The van der Waals surface area contributed by atoms with E-state index in [0.717, 1.165) is 36.9 Å². The van der Waals surface area contributed by atoms with Gasteiger partial charge in [0.25, 0.3) is 0 Å². The first-order valence-corrected chi connectivity index (χ1v) is 8.02. The highest BCUT2D eigenvalue weighted by molar-refractivity contribution is 7.99. The van der Waals surface area contributed by atoms with Gasteiger partial charge in [0.1, 0.15) is 5.78 Å². The van der Waals surface area contributed by atoms with E-state index >= 15 is 0 Å². The zero-order valence-corrected chi connectivity index (χ0v) is 12.0. The lowest BCUT2D eigenvalue weighted by Crippen LogP contribution is -2.33. The van der Waals surface area contributed by atoms with Crippen molar-refractivity contribution < 1.29 is 9.32 Å². The van der Waals surface area contributed by atoms with Crippen LogP contribution in [0.1, 0.15) is 49.4 Å². The molecule has 0 amide bonds. The van der Waals surface area contributed by atoms with Crippen molar-refractivity contribution >= 4 is 17.5 Å². The summed E-state index contributed by atoms with van der Waals surface area (Å²) in [4.78, 5) is 18.1. The zero-order valence-electron chi connectivity index (χ0n) is 11.2. The second kappa shape index (κ2) is 5.63. The molecule has 0 aromatic carbocycles. The van der Waals surface area contributed by atoms with Gasteiger partial charge in [0.05, 0.1) is 6.04 Å². The monoisotopic (exact) mass is 281 g/mol. The highest BCUT2D eigenvalue weighted by Crippen LogP contribution is 2.32. The number of hydrogen-bond donors (Lipinski definition) is 0. The van der Waals surface area contributed by atoms with Gasteiger partial charge in [-0.15, -0.1) is 0 Å². The molecular formula is C13H19N3O2S. The molecule has 2 heterocycles. The van der Waals surface area contributed by atoms with E-state index in [1.165, 1.54) is 5.75 Å². The topological polar surface area (TPSA) is 59.2 Å². The van der Waals surface area contributed by atoms with Crippen molar-refractivity contribution in [1.82, 2.24) is 15.0 Å². The molecule has 0 spiro atoms. The largest absolute Gasteiger partial charge is 0.339 e. The Morgan fingerprint density at radius 3 is 2.89 bits per heavy atom. The fraction of sp³-hybridized carbons (Fsp3) is 0.769. The smallest absolute Gasteiger partial charge is 0.229 e. The van der Waals surface area contributed by atoms with Crippen molar-refractivity contribution in [2.24, 2.45) is 0 Å². The maximum atomic E-state index is 11.3. The molecule has 5 nitrogen and oxygen atoms in total. The molecule has 2 aliphatic rings. The number of rotatable bonds is 2. The minimum atomic E-state index is 0.265. The summed E-state index contributed by atoms with van der Waals surface area (Å²) in [6.07, 6.45) is 3.02. The molecule has 0 bridgehead atoms. The molecule has 1 saturated carbocycles. The van der Waals surface area contributed by atoms with E-state index in [1.807, 2.05) is 11.8 Å². The third-order valence-corrected chi connectivity index (χ3v) is 5.07. The van der Waals surface area contributed by atoms with Crippen LogP contribution < -0.4 is 0 Å². The molecule has 6 heteroatoms. The quantitative estimate of drug-likeness (QED) is 0.826. The fourth-order valence-electron chi connectivity index (χ4n) is 2.69. The second-order valence-electron chi connectivity index (χ2n) is 5.38. The third kappa shape index (κ3) is 2.84. The number of nitrogens with zero attached hydrogens (tertiary/aromatic N) is 3. The summed E-state index contributed by atoms with van der Waals surface area (Å²) < 4.78 is 5.43. The molecular weight excluding hydrogens is 262 g/mol. The van der Waals surface area contributed by atoms with Crippen molar-refractivity contribution in [1.29, 1.82) is 0 Å². The van der Waals surface area contributed by atoms with Crippen LogP contribution in [-0.2, 0) is 4.79 Å². The van der Waals surface area contributed by atoms with E-state index in [9.17, 15) is 4.79 Å². The average molecular weight is 281 g/mol. The average Bonchev–Trinajstić information content (AvgIpc) is 2.89. The van der Waals surface area contributed by atoms with E-state index in [2.05, 4.69) is 22.1 Å². The summed E-state index contributed by atoms with van der Waals surface area (Å²) in [5.74, 6) is 4.37. The van der Waals surface area contributed by atoms with Crippen LogP contribution in [0.3, 0.4) is 0 Å². The van der Waals surface area contributed by atoms with Gasteiger partial charge in [-0.1, -0.05) is 5.16 Å². The molecule has 1 unspecified atom stereocenters. The summed E-state index contributed by atoms with van der Waals surface area (Å²) in [6.45, 7) is 1.07. The predicted molar refractivity (Wildman–Crippen MR) is 73.2 cm³/mol. The van der Waals surface area contributed by atoms with E-state index in [-0.39, 0.29) is 12.0 Å². The summed E-state index contributed by atoms with van der Waals surface area (Å²) in [5.41, 5.74) is 0. The Bertz CT molecular complexity index is 452. The van der Waals surface area contributed by atoms with Gasteiger partial charge >= 0.3 is 0 Å². The van der Waals surface area contributed by atoms with Crippen LogP contribution in [0.25, 0.3) is 0 Å².